The summed E-state index contributed by atoms with van der Waals surface area (Å²) in [5.41, 5.74) is 8.25. The quantitative estimate of drug-likeness (QED) is 0.791. The molecule has 0 amide bonds. The summed E-state index contributed by atoms with van der Waals surface area (Å²) < 4.78 is 0. The van der Waals surface area contributed by atoms with Crippen molar-refractivity contribution < 1.29 is 4.79 Å². The Morgan fingerprint density at radius 2 is 2.00 bits per heavy atom. The molecule has 88 valence electrons. The maximum Gasteiger partial charge on any atom is 0.182 e. The predicted molar refractivity (Wildman–Crippen MR) is 67.7 cm³/mol. The molecule has 0 bridgehead atoms. The molecule has 16 heavy (non-hydrogen) atoms. The smallest absolute Gasteiger partial charge is 0.182 e. The summed E-state index contributed by atoms with van der Waals surface area (Å²) in [5.74, 6) is 0.0480. The molecule has 1 unspecified atom stereocenters. The number of hydrogen-bond acceptors (Lipinski definition) is 2. The van der Waals surface area contributed by atoms with Crippen molar-refractivity contribution >= 4 is 5.78 Å². The summed E-state index contributed by atoms with van der Waals surface area (Å²) >= 11 is 0. The molecule has 0 saturated carbocycles. The van der Waals surface area contributed by atoms with Crippen LogP contribution in [-0.2, 0) is 0 Å². The topological polar surface area (TPSA) is 43.1 Å². The molecule has 2 N–H and O–H groups in total. The number of ketones is 1. The zero-order valence-electron chi connectivity index (χ0n) is 10.6. The lowest BCUT2D eigenvalue weighted by Gasteiger charge is -2.23. The minimum Gasteiger partial charge on any atom is -0.319 e. The van der Waals surface area contributed by atoms with Crippen LogP contribution in [0.15, 0.2) is 18.2 Å². The highest BCUT2D eigenvalue weighted by atomic mass is 16.1. The maximum absolute atomic E-state index is 12.3. The number of hydrogen-bond donors (Lipinski definition) is 1. The Labute approximate surface area is 97.9 Å². The predicted octanol–water partition coefficient (Wildman–Crippen LogP) is 3.00. The van der Waals surface area contributed by atoms with Crippen LogP contribution in [0.2, 0.25) is 0 Å². The van der Waals surface area contributed by atoms with E-state index < -0.39 is 5.54 Å². The summed E-state index contributed by atoms with van der Waals surface area (Å²) in [6.07, 6.45) is 1.64. The summed E-state index contributed by atoms with van der Waals surface area (Å²) in [5, 5.41) is 0. The molecule has 0 fully saturated rings. The average molecular weight is 219 g/mol. The number of rotatable bonds is 4. The first kappa shape index (κ1) is 12.9. The third-order valence-electron chi connectivity index (χ3n) is 2.91. The largest absolute Gasteiger partial charge is 0.319 e. The van der Waals surface area contributed by atoms with E-state index in [0.717, 1.165) is 24.0 Å². The van der Waals surface area contributed by atoms with Gasteiger partial charge < -0.3 is 5.73 Å². The Kier molecular flexibility index (Phi) is 3.87. The van der Waals surface area contributed by atoms with Crippen molar-refractivity contribution in [2.45, 2.75) is 46.1 Å². The van der Waals surface area contributed by atoms with Crippen molar-refractivity contribution in [3.8, 4) is 0 Å². The van der Waals surface area contributed by atoms with Gasteiger partial charge in [-0.05, 0) is 32.8 Å². The number of carbonyl (C=O) groups is 1. The summed E-state index contributed by atoms with van der Waals surface area (Å²) in [6.45, 7) is 7.84. The number of aryl methyl sites for hydroxylation is 2. The standard InChI is InChI=1S/C14H21NO/c1-5-8-14(4,15)13(16)12-7-6-10(2)9-11(12)3/h6-7,9H,5,8,15H2,1-4H3. The third kappa shape index (κ3) is 2.70. The van der Waals surface area contributed by atoms with Crippen LogP contribution in [0, 0.1) is 13.8 Å². The molecule has 0 heterocycles. The van der Waals surface area contributed by atoms with Gasteiger partial charge in [-0.3, -0.25) is 4.79 Å². The molecule has 1 rings (SSSR count). The van der Waals surface area contributed by atoms with Crippen LogP contribution in [0.4, 0.5) is 0 Å². The van der Waals surface area contributed by atoms with Crippen molar-refractivity contribution in [3.63, 3.8) is 0 Å². The molecular formula is C14H21NO. The first-order valence-electron chi connectivity index (χ1n) is 5.79. The highest BCUT2D eigenvalue weighted by Crippen LogP contribution is 2.19. The van der Waals surface area contributed by atoms with Gasteiger partial charge in [-0.1, -0.05) is 37.1 Å². The molecule has 1 atom stereocenters. The molecular weight excluding hydrogens is 198 g/mol. The van der Waals surface area contributed by atoms with Gasteiger partial charge in [0, 0.05) is 5.56 Å². The van der Waals surface area contributed by atoms with E-state index in [1.807, 2.05) is 45.9 Å². The molecule has 0 aliphatic heterocycles. The Bertz CT molecular complexity index is 394. The van der Waals surface area contributed by atoms with E-state index in [1.165, 1.54) is 5.56 Å². The first-order chi connectivity index (χ1) is 7.38. The molecule has 0 saturated heterocycles. The van der Waals surface area contributed by atoms with Crippen LogP contribution in [0.1, 0.15) is 48.2 Å². The fourth-order valence-electron chi connectivity index (χ4n) is 2.01. The van der Waals surface area contributed by atoms with E-state index in [4.69, 9.17) is 5.73 Å². The van der Waals surface area contributed by atoms with E-state index in [9.17, 15) is 4.79 Å². The minimum absolute atomic E-state index is 0.0480. The lowest BCUT2D eigenvalue weighted by molar-refractivity contribution is 0.0892. The van der Waals surface area contributed by atoms with Crippen LogP contribution in [0.25, 0.3) is 0 Å². The van der Waals surface area contributed by atoms with Crippen LogP contribution in [0.3, 0.4) is 0 Å². The van der Waals surface area contributed by atoms with Crippen molar-refractivity contribution in [1.29, 1.82) is 0 Å². The van der Waals surface area contributed by atoms with Gasteiger partial charge >= 0.3 is 0 Å². The monoisotopic (exact) mass is 219 g/mol. The molecule has 2 nitrogen and oxygen atoms in total. The van der Waals surface area contributed by atoms with Gasteiger partial charge in [-0.15, -0.1) is 0 Å². The fourth-order valence-corrected chi connectivity index (χ4v) is 2.01. The van der Waals surface area contributed by atoms with E-state index in [1.54, 1.807) is 0 Å². The second-order valence-corrected chi connectivity index (χ2v) is 4.81. The minimum atomic E-state index is -0.741. The normalized spacial score (nSPS) is 14.6. The highest BCUT2D eigenvalue weighted by Gasteiger charge is 2.28. The Hall–Kier alpha value is -1.15. The molecule has 0 spiro atoms. The van der Waals surface area contributed by atoms with E-state index in [2.05, 4.69) is 0 Å². The molecule has 0 radical (unpaired) electrons. The highest BCUT2D eigenvalue weighted by molar-refractivity contribution is 6.03. The fraction of sp³-hybridized carbons (Fsp3) is 0.500. The van der Waals surface area contributed by atoms with Crippen molar-refractivity contribution in [2.24, 2.45) is 5.73 Å². The van der Waals surface area contributed by atoms with Gasteiger partial charge in [-0.25, -0.2) is 0 Å². The molecule has 2 heteroatoms. The molecule has 1 aromatic carbocycles. The lowest BCUT2D eigenvalue weighted by atomic mass is 9.86. The number of nitrogens with two attached hydrogens (primary N) is 1. The average Bonchev–Trinajstić information content (AvgIpc) is 2.16. The van der Waals surface area contributed by atoms with E-state index in [-0.39, 0.29) is 5.78 Å². The lowest BCUT2D eigenvalue weighted by Crippen LogP contribution is -2.45. The van der Waals surface area contributed by atoms with Gasteiger partial charge in [0.25, 0.3) is 0 Å². The van der Waals surface area contributed by atoms with Gasteiger partial charge in [-0.2, -0.15) is 0 Å². The van der Waals surface area contributed by atoms with Crippen molar-refractivity contribution in [3.05, 3.63) is 34.9 Å². The maximum atomic E-state index is 12.3. The second-order valence-electron chi connectivity index (χ2n) is 4.81. The van der Waals surface area contributed by atoms with Crippen LogP contribution >= 0.6 is 0 Å². The molecule has 1 aromatic rings. The van der Waals surface area contributed by atoms with Crippen molar-refractivity contribution in [2.75, 3.05) is 0 Å². The number of Topliss-reactive ketones (excluding diaryl/α,β-unsaturated/α-hetero) is 1. The van der Waals surface area contributed by atoms with Gasteiger partial charge in [0.2, 0.25) is 0 Å². The van der Waals surface area contributed by atoms with Gasteiger partial charge in [0.1, 0.15) is 0 Å². The van der Waals surface area contributed by atoms with Gasteiger partial charge in [0.15, 0.2) is 5.78 Å². The van der Waals surface area contributed by atoms with E-state index in [0.29, 0.717) is 0 Å². The third-order valence-corrected chi connectivity index (χ3v) is 2.91. The second kappa shape index (κ2) is 4.79. The molecule has 0 aliphatic rings. The number of benzene rings is 1. The van der Waals surface area contributed by atoms with Crippen molar-refractivity contribution in [1.82, 2.24) is 0 Å². The number of carbonyl (C=O) groups excluding carboxylic acids is 1. The summed E-state index contributed by atoms with van der Waals surface area (Å²) in [4.78, 5) is 12.3. The van der Waals surface area contributed by atoms with Crippen LogP contribution in [0.5, 0.6) is 0 Å². The van der Waals surface area contributed by atoms with Gasteiger partial charge in [0.05, 0.1) is 5.54 Å². The Morgan fingerprint density at radius 1 is 1.38 bits per heavy atom. The van der Waals surface area contributed by atoms with Crippen LogP contribution < -0.4 is 5.73 Å². The summed E-state index contributed by atoms with van der Waals surface area (Å²) in [7, 11) is 0. The van der Waals surface area contributed by atoms with E-state index >= 15 is 0 Å². The molecule has 0 aromatic heterocycles. The zero-order valence-corrected chi connectivity index (χ0v) is 10.6. The summed E-state index contributed by atoms with van der Waals surface area (Å²) in [6, 6.07) is 5.87. The SMILES string of the molecule is CCCC(C)(N)C(=O)c1ccc(C)cc1C. The Balaban J connectivity index is 3.05. The van der Waals surface area contributed by atoms with Crippen LogP contribution in [-0.4, -0.2) is 11.3 Å². The first-order valence-corrected chi connectivity index (χ1v) is 5.79. The zero-order chi connectivity index (χ0) is 12.3. The molecule has 0 aliphatic carbocycles. The Morgan fingerprint density at radius 3 is 2.50 bits per heavy atom.